The number of hydroxylamine groups is 1. The highest BCUT2D eigenvalue weighted by atomic mass is 127. The lowest BCUT2D eigenvalue weighted by Gasteiger charge is -2.47. The molecule has 2 bridgehead atoms. The van der Waals surface area contributed by atoms with Crippen LogP contribution in [0.4, 0.5) is 20.1 Å². The van der Waals surface area contributed by atoms with Crippen molar-refractivity contribution in [2.75, 3.05) is 79.5 Å². The highest BCUT2D eigenvalue weighted by Gasteiger charge is 2.53. The molecule has 38 nitrogen and oxygen atoms in total. The number of nitrogens with one attached hydrogen (secondary N) is 5. The Morgan fingerprint density at radius 1 is 0.740 bits per heavy atom. The minimum absolute atomic E-state index is 0.0119. The maximum atomic E-state index is 14.7. The number of benzene rings is 4. The first kappa shape index (κ1) is 115. The smallest absolute Gasteiger partial charge is 0.410 e. The molecule has 4 saturated heterocycles. The number of carbonyl (C=O) groups excluding carboxylic acids is 10. The third kappa shape index (κ3) is 29.1. The molecule has 0 radical (unpaired) electrons. The molecule has 5 aromatic rings. The predicted octanol–water partition coefficient (Wildman–Crippen LogP) is 10.1. The van der Waals surface area contributed by atoms with Gasteiger partial charge in [-0.2, -0.15) is 5.48 Å². The van der Waals surface area contributed by atoms with Gasteiger partial charge in [0.1, 0.15) is 60.6 Å². The number of urea groups is 1. The van der Waals surface area contributed by atoms with Crippen molar-refractivity contribution in [3.8, 4) is 52.1 Å². The molecule has 790 valence electrons. The third-order valence-corrected chi connectivity index (χ3v) is 31.2. The Morgan fingerprint density at radius 2 is 1.42 bits per heavy atom. The Balaban J connectivity index is 0.704. The van der Waals surface area contributed by atoms with Crippen LogP contribution in [0.1, 0.15) is 158 Å². The number of aliphatic hydroxyl groups excluding tert-OH is 4. The zero-order chi connectivity index (χ0) is 105. The molecular weight excluding hydrogens is 2060 g/mol. The molecule has 1 aromatic heterocycles. The van der Waals surface area contributed by atoms with Gasteiger partial charge in [0.15, 0.2) is 47.5 Å². The van der Waals surface area contributed by atoms with Crippen molar-refractivity contribution in [2.24, 2.45) is 23.5 Å². The van der Waals surface area contributed by atoms with Gasteiger partial charge in [0.2, 0.25) is 29.0 Å². The number of nitrogens with zero attached hydrogens (tertiary/aromatic N) is 2. The largest absolute Gasteiger partial charge is 0.492 e. The molecule has 4 aliphatic heterocycles. The summed E-state index contributed by atoms with van der Waals surface area (Å²) in [5.41, 5.74) is 11.7. The summed E-state index contributed by atoms with van der Waals surface area (Å²) in [7, 11) is 9.29. The van der Waals surface area contributed by atoms with Gasteiger partial charge in [-0.05, 0) is 176 Å². The SMILES string of the molecule is CCN(C(=O)OCc1ccc(NC(=O)[C@H](CCCNC(N)=O)CC(=O)[C@@H](NC(=O)[C@H](CCCCNC(=O)OCC2c3ccccc3-c3ccccc32)CC(C)=O)C(C)C)cc1)[C@H]1CO[C@@H](O[C@H]2[C@H](O[C@H]3C#C/C=C\C#C[C@]4(O)CC(=O)C(CC(=O)OC)=C3/C4=C\CSSc3ccccn3)O[C@H](C)[C@@H](NO[C@H]3C[C@H](O)[C@H](SC(=O)c4c(C)c(I)c(O[C@@H]5O[C@@H](C)[C@H](O)[C@@H](OC)[C@H]5O)c(OC)c4OC)[C@@H](C)O3)[C@@H]2O)C[C@@H]1OC. The number of ketones is 3. The fraction of sp³-hybridized carbons (Fsp3) is 0.529. The van der Waals surface area contributed by atoms with Crippen LogP contribution in [-0.2, 0) is 92.3 Å². The average Bonchev–Trinajstić information content (AvgIpc) is 1.36. The number of hydrogen-bond acceptors (Lipinski definition) is 35. The number of pyridine rings is 1. The van der Waals surface area contributed by atoms with Crippen LogP contribution in [0.5, 0.6) is 17.2 Å². The van der Waals surface area contributed by atoms with E-state index in [1.807, 2.05) is 71.1 Å². The second kappa shape index (κ2) is 54.3. The molecule has 42 heteroatoms. The van der Waals surface area contributed by atoms with Crippen LogP contribution >= 0.6 is 55.9 Å². The Kier molecular flexibility index (Phi) is 42.6. The summed E-state index contributed by atoms with van der Waals surface area (Å²) < 4.78 is 85.9. The van der Waals surface area contributed by atoms with Crippen molar-refractivity contribution in [2.45, 2.75) is 265 Å². The van der Waals surface area contributed by atoms with Crippen LogP contribution in [0.15, 0.2) is 137 Å². The first-order valence-corrected chi connectivity index (χ1v) is 52.6. The quantitative estimate of drug-likeness (QED) is 0.00328. The van der Waals surface area contributed by atoms with Crippen LogP contribution in [-0.4, -0.2) is 289 Å². The number of aromatic nitrogens is 1. The Morgan fingerprint density at radius 3 is 2.08 bits per heavy atom. The number of Topliss-reactive ketones (excluding diaryl/α,β-unsaturated/α-hetero) is 3. The molecule has 3 aliphatic carbocycles. The van der Waals surface area contributed by atoms with Crippen molar-refractivity contribution in [1.29, 1.82) is 0 Å². The maximum absolute atomic E-state index is 14.7. The van der Waals surface area contributed by atoms with Crippen LogP contribution < -0.4 is 46.7 Å². The number of likely N-dealkylation sites (N-methyl/N-ethyl adjacent to an activating group) is 1. The molecule has 4 fully saturated rings. The molecule has 146 heavy (non-hydrogen) atoms. The standard InChI is InChI=1S/C104H129IN8O30S3/c1-14-113(103(127)136-52-61-36-38-64(39-37-61)110-96(122)63(29-27-44-108-101(106)125)47-73(115)85(55(2)3)111-97(123)62(46-56(4)114)28-22-25-43-109-102(126)135-53-70-67-32-20-18-30-65(67)66-31-19-21-33-68(66)70)72-54-134-80(50-77(72)129-9)141-93-88(120)86(58(6)138-100(93)140-76-34-17-15-16-24-41-104(128)51-75(117)69(48-79(118)130-10)83(76)71(104)40-45-144-146-78-35-23-26-42-107-78)112-143-81-49-74(116)95(60(8)137-81)145-98(124)82-57(5)84(105)91(94(133-13)90(82)131-11)142-99-89(121)92(132-12)87(119)59(7)139-99/h15-16,18-21,23,26,30-33,35-40,42,55,58-60,62-63,70,72,74,76-77,80-81,85-89,92-93,95,99-100,112,116,119-121,128H,14,22,25,27-29,43-54H2,1-13H3,(H,109,126)(H,110,122)(H,111,123)(H3,106,108,125)/b16-15-,71-40+/t58-,59+,60-,62-,63-,72+,74+,76+,77+,80+,81+,85+,86-,87+,88+,89-,92-,93-,95-,99+,100+,104+/m1/s1. The number of methoxy groups -OCH3 is 5. The van der Waals surface area contributed by atoms with Gasteiger partial charge in [-0.25, -0.2) is 19.4 Å². The van der Waals surface area contributed by atoms with Crippen molar-refractivity contribution >= 4 is 120 Å². The van der Waals surface area contributed by atoms with E-state index in [0.717, 1.165) is 41.1 Å². The molecule has 0 saturated carbocycles. The van der Waals surface area contributed by atoms with Gasteiger partial charge in [-0.1, -0.05) is 139 Å². The van der Waals surface area contributed by atoms with Gasteiger partial charge in [-0.3, -0.25) is 33.6 Å². The lowest BCUT2D eigenvalue weighted by Crippen LogP contribution is -2.65. The number of ether oxygens (including phenoxy) is 14. The number of hydrogen-bond donors (Lipinski definition) is 11. The number of aliphatic hydroxyl groups is 5. The summed E-state index contributed by atoms with van der Waals surface area (Å²) in [5.74, 6) is 6.29. The normalized spacial score (nSPS) is 26.4. The number of thioether (sulfide) groups is 1. The minimum atomic E-state index is -2.18. The fourth-order valence-electron chi connectivity index (χ4n) is 18.8. The zero-order valence-electron chi connectivity index (χ0n) is 83.5. The van der Waals surface area contributed by atoms with Crippen LogP contribution in [0.2, 0.25) is 0 Å². The first-order chi connectivity index (χ1) is 70.0. The van der Waals surface area contributed by atoms with Crippen molar-refractivity contribution in [1.82, 2.24) is 31.3 Å². The van der Waals surface area contributed by atoms with E-state index in [4.69, 9.17) is 76.9 Å². The minimum Gasteiger partial charge on any atom is -0.492 e. The summed E-state index contributed by atoms with van der Waals surface area (Å²) in [6.07, 6.45) is -14.9. The number of unbranched alkanes of at least 4 members (excludes halogenated alkanes) is 1. The van der Waals surface area contributed by atoms with E-state index in [1.165, 1.54) is 74.0 Å². The molecule has 7 aliphatic rings. The highest BCUT2D eigenvalue weighted by Crippen LogP contribution is 2.51. The average molecular weight is 2190 g/mol. The van der Waals surface area contributed by atoms with Gasteiger partial charge < -0.3 is 129 Å². The number of esters is 1. The van der Waals surface area contributed by atoms with Gasteiger partial charge in [0.25, 0.3) is 0 Å². The Hall–Kier alpha value is -10.1. The first-order valence-electron chi connectivity index (χ1n) is 48.4. The van der Waals surface area contributed by atoms with Crippen LogP contribution in [0.25, 0.3) is 11.1 Å². The second-order valence-electron chi connectivity index (χ2n) is 36.6. The van der Waals surface area contributed by atoms with Crippen molar-refractivity contribution in [3.63, 3.8) is 0 Å². The van der Waals surface area contributed by atoms with E-state index in [9.17, 15) is 73.5 Å². The lowest BCUT2D eigenvalue weighted by atomic mass is 9.72. The number of fused-ring (bicyclic) bond motifs is 5. The molecule has 22 atom stereocenters. The molecule has 6 amide bonds. The Labute approximate surface area is 873 Å². The fourth-order valence-corrected chi connectivity index (χ4v) is 22.3. The highest BCUT2D eigenvalue weighted by molar-refractivity contribution is 14.1. The van der Waals surface area contributed by atoms with Crippen molar-refractivity contribution in [3.05, 3.63) is 164 Å². The summed E-state index contributed by atoms with van der Waals surface area (Å²) in [4.78, 5) is 150. The number of halogens is 1. The number of primary amides is 1. The number of allylic oxidation sites excluding steroid dienone is 2. The molecule has 12 rings (SSSR count). The van der Waals surface area contributed by atoms with Gasteiger partial charge in [0, 0.05) is 112 Å². The van der Waals surface area contributed by atoms with Gasteiger partial charge >= 0.3 is 24.2 Å². The number of alkyl carbamates (subject to hydrolysis) is 1. The van der Waals surface area contributed by atoms with Gasteiger partial charge in [0.05, 0.1) is 104 Å². The van der Waals surface area contributed by atoms with E-state index in [1.54, 1.807) is 91.1 Å². The topological polar surface area (TPSA) is 513 Å². The van der Waals surface area contributed by atoms with E-state index >= 15 is 0 Å². The van der Waals surface area contributed by atoms with E-state index < -0.39 is 205 Å². The molecule has 0 spiro atoms. The summed E-state index contributed by atoms with van der Waals surface area (Å²) in [6.45, 7) is 13.2. The molecule has 0 unspecified atom stereocenters. The molecule has 4 aromatic carbocycles. The summed E-state index contributed by atoms with van der Waals surface area (Å²) >= 11 is 2.76. The van der Waals surface area contributed by atoms with E-state index in [0.29, 0.717) is 38.3 Å². The zero-order valence-corrected chi connectivity index (χ0v) is 88.1. The summed E-state index contributed by atoms with van der Waals surface area (Å²) in [6, 6.07) is 24.0. The van der Waals surface area contributed by atoms with E-state index in [2.05, 4.69) is 67.5 Å². The number of rotatable bonds is 46. The van der Waals surface area contributed by atoms with Gasteiger partial charge in [-0.15, -0.1) is 0 Å². The number of nitrogens with two attached hydrogens (primary N) is 1. The summed E-state index contributed by atoms with van der Waals surface area (Å²) in [5, 5.41) is 70.0. The van der Waals surface area contributed by atoms with Crippen LogP contribution in [0, 0.1) is 51.9 Å². The maximum Gasteiger partial charge on any atom is 0.410 e. The Bertz CT molecular complexity index is 5610. The number of anilines is 1. The second-order valence-corrected chi connectivity index (χ2v) is 41.2. The number of amides is 6. The van der Waals surface area contributed by atoms with E-state index in [-0.39, 0.29) is 141 Å². The monoisotopic (exact) mass is 2190 g/mol. The molecule has 12 N–H and O–H groups in total. The lowest BCUT2D eigenvalue weighted by molar-refractivity contribution is -0.337. The molecular formula is C104H129IN8O30S3. The van der Waals surface area contributed by atoms with Crippen LogP contribution in [0.3, 0.4) is 0 Å². The number of carbonyl (C=O) groups is 10. The molecule has 5 heterocycles. The third-order valence-electron chi connectivity index (χ3n) is 26.4. The van der Waals surface area contributed by atoms with Crippen molar-refractivity contribution < 1.29 is 145 Å². The predicted molar refractivity (Wildman–Crippen MR) is 546 cm³/mol.